The lowest BCUT2D eigenvalue weighted by Crippen LogP contribution is -2.13. The number of hydrogen-bond donors (Lipinski definition) is 2. The number of fused-ring (bicyclic) bond motifs is 1. The third-order valence-electron chi connectivity index (χ3n) is 4.48. The smallest absolute Gasteiger partial charge is 0.335 e. The number of carbonyl (C=O) groups is 1. The summed E-state index contributed by atoms with van der Waals surface area (Å²) < 4.78 is 47.4. The number of aromatic carboxylic acids is 1. The van der Waals surface area contributed by atoms with Crippen LogP contribution >= 0.6 is 11.8 Å². The molecule has 0 amide bonds. The molecule has 0 bridgehead atoms. The van der Waals surface area contributed by atoms with E-state index in [9.17, 15) is 22.7 Å². The van der Waals surface area contributed by atoms with Crippen LogP contribution in [0.5, 0.6) is 0 Å². The number of furan rings is 1. The molecule has 4 rings (SSSR count). The first-order chi connectivity index (χ1) is 14.8. The van der Waals surface area contributed by atoms with E-state index in [-0.39, 0.29) is 22.1 Å². The molecule has 0 saturated carbocycles. The van der Waals surface area contributed by atoms with Crippen molar-refractivity contribution in [3.05, 3.63) is 89.7 Å². The van der Waals surface area contributed by atoms with E-state index in [2.05, 4.69) is 4.72 Å². The number of sulfonamides is 1. The third-order valence-corrected chi connectivity index (χ3v) is 6.83. The molecule has 2 N–H and O–H groups in total. The van der Waals surface area contributed by atoms with Crippen molar-refractivity contribution >= 4 is 44.4 Å². The van der Waals surface area contributed by atoms with Crippen molar-refractivity contribution < 1.29 is 27.1 Å². The number of halogens is 1. The fourth-order valence-corrected chi connectivity index (χ4v) is 5.10. The van der Waals surface area contributed by atoms with Crippen LogP contribution in [-0.2, 0) is 15.8 Å². The van der Waals surface area contributed by atoms with Gasteiger partial charge in [-0.05, 0) is 35.9 Å². The average Bonchev–Trinajstić information content (AvgIpc) is 3.18. The molecule has 0 radical (unpaired) electrons. The first-order valence-electron chi connectivity index (χ1n) is 9.08. The molecule has 0 unspecified atom stereocenters. The Morgan fingerprint density at radius 2 is 1.77 bits per heavy atom. The zero-order valence-electron chi connectivity index (χ0n) is 15.9. The Morgan fingerprint density at radius 1 is 1.03 bits per heavy atom. The van der Waals surface area contributed by atoms with Crippen LogP contribution in [0.1, 0.15) is 15.9 Å². The summed E-state index contributed by atoms with van der Waals surface area (Å²) in [6.07, 6.45) is 0. The first kappa shape index (κ1) is 21.0. The standard InChI is InChI=1S/C22H16FNO5S2/c23-16-9-10-20(30-13-15-6-1-3-7-17(15)22(25)26)18(12-16)24-31(27,28)21-11-14-5-2-4-8-19(14)29-21/h1-12,24H,13H2,(H,25,26). The number of carboxylic acid groups (broad SMARTS) is 1. The van der Waals surface area contributed by atoms with Gasteiger partial charge in [0.2, 0.25) is 5.09 Å². The minimum atomic E-state index is -4.11. The number of para-hydroxylation sites is 1. The van der Waals surface area contributed by atoms with Crippen LogP contribution in [0.2, 0.25) is 0 Å². The maximum atomic E-state index is 13.9. The fraction of sp³-hybridized carbons (Fsp3) is 0.0455. The predicted octanol–water partition coefficient (Wildman–Crippen LogP) is 5.36. The van der Waals surface area contributed by atoms with Crippen molar-refractivity contribution in [2.24, 2.45) is 0 Å². The van der Waals surface area contributed by atoms with E-state index in [1.165, 1.54) is 36.0 Å². The molecule has 31 heavy (non-hydrogen) atoms. The SMILES string of the molecule is O=C(O)c1ccccc1CSc1ccc(F)cc1NS(=O)(=O)c1cc2ccccc2o1. The zero-order chi connectivity index (χ0) is 22.0. The molecular formula is C22H16FNO5S2. The summed E-state index contributed by atoms with van der Waals surface area (Å²) in [5, 5.41) is 9.67. The highest BCUT2D eigenvalue weighted by Gasteiger charge is 2.22. The highest BCUT2D eigenvalue weighted by molar-refractivity contribution is 7.98. The van der Waals surface area contributed by atoms with Gasteiger partial charge in [-0.25, -0.2) is 9.18 Å². The lowest BCUT2D eigenvalue weighted by molar-refractivity contribution is 0.0696. The molecule has 9 heteroatoms. The minimum absolute atomic E-state index is 0.0401. The molecule has 6 nitrogen and oxygen atoms in total. The van der Waals surface area contributed by atoms with Gasteiger partial charge in [-0.2, -0.15) is 8.42 Å². The van der Waals surface area contributed by atoms with Gasteiger partial charge in [0, 0.05) is 22.1 Å². The Bertz CT molecular complexity index is 1350. The quantitative estimate of drug-likeness (QED) is 0.363. The number of hydrogen-bond acceptors (Lipinski definition) is 5. The highest BCUT2D eigenvalue weighted by Crippen LogP contribution is 2.33. The van der Waals surface area contributed by atoms with Gasteiger partial charge in [0.15, 0.2) is 0 Å². The molecule has 0 fully saturated rings. The van der Waals surface area contributed by atoms with Crippen LogP contribution < -0.4 is 4.72 Å². The molecule has 1 heterocycles. The molecular weight excluding hydrogens is 441 g/mol. The van der Waals surface area contributed by atoms with Crippen molar-refractivity contribution in [2.75, 3.05) is 4.72 Å². The number of thioether (sulfide) groups is 1. The van der Waals surface area contributed by atoms with Gasteiger partial charge in [-0.15, -0.1) is 11.8 Å². The maximum Gasteiger partial charge on any atom is 0.335 e. The number of carboxylic acids is 1. The Balaban J connectivity index is 1.62. The van der Waals surface area contributed by atoms with Crippen LogP contribution in [0.25, 0.3) is 11.0 Å². The van der Waals surface area contributed by atoms with Gasteiger partial charge >= 0.3 is 5.97 Å². The Hall–Kier alpha value is -3.30. The van der Waals surface area contributed by atoms with Crippen molar-refractivity contribution in [2.45, 2.75) is 15.7 Å². The molecule has 0 aliphatic carbocycles. The molecule has 0 aliphatic rings. The van der Waals surface area contributed by atoms with Crippen LogP contribution in [0.3, 0.4) is 0 Å². The second kappa shape index (κ2) is 8.44. The zero-order valence-corrected chi connectivity index (χ0v) is 17.5. The van der Waals surface area contributed by atoms with E-state index in [4.69, 9.17) is 4.42 Å². The molecule has 1 aromatic heterocycles. The summed E-state index contributed by atoms with van der Waals surface area (Å²) >= 11 is 1.19. The molecule has 158 valence electrons. The van der Waals surface area contributed by atoms with Crippen LogP contribution in [-0.4, -0.2) is 19.5 Å². The second-order valence-electron chi connectivity index (χ2n) is 6.60. The maximum absolute atomic E-state index is 13.9. The summed E-state index contributed by atoms with van der Waals surface area (Å²) in [6, 6.07) is 18.5. The molecule has 0 aliphatic heterocycles. The lowest BCUT2D eigenvalue weighted by Gasteiger charge is -2.12. The second-order valence-corrected chi connectivity index (χ2v) is 9.23. The highest BCUT2D eigenvalue weighted by atomic mass is 32.2. The van der Waals surface area contributed by atoms with Gasteiger partial charge in [0.05, 0.1) is 11.3 Å². The third kappa shape index (κ3) is 4.57. The summed E-state index contributed by atoms with van der Waals surface area (Å²) in [5.41, 5.74) is 1.18. The van der Waals surface area contributed by atoms with Crippen LogP contribution in [0, 0.1) is 5.82 Å². The van der Waals surface area contributed by atoms with E-state index in [1.54, 1.807) is 42.5 Å². The largest absolute Gasteiger partial charge is 0.478 e. The van der Waals surface area contributed by atoms with Crippen molar-refractivity contribution in [3.8, 4) is 0 Å². The minimum Gasteiger partial charge on any atom is -0.478 e. The van der Waals surface area contributed by atoms with Crippen molar-refractivity contribution in [3.63, 3.8) is 0 Å². The van der Waals surface area contributed by atoms with Gasteiger partial charge in [0.1, 0.15) is 11.4 Å². The molecule has 0 saturated heterocycles. The van der Waals surface area contributed by atoms with Gasteiger partial charge in [-0.1, -0.05) is 36.4 Å². The Labute approximate surface area is 181 Å². The monoisotopic (exact) mass is 457 g/mol. The van der Waals surface area contributed by atoms with Gasteiger partial charge in [0.25, 0.3) is 10.0 Å². The summed E-state index contributed by atoms with van der Waals surface area (Å²) in [4.78, 5) is 11.8. The summed E-state index contributed by atoms with van der Waals surface area (Å²) in [6.45, 7) is 0. The first-order valence-corrected chi connectivity index (χ1v) is 11.6. The molecule has 0 atom stereocenters. The molecule has 4 aromatic rings. The van der Waals surface area contributed by atoms with Gasteiger partial charge in [-0.3, -0.25) is 4.72 Å². The Morgan fingerprint density at radius 3 is 2.55 bits per heavy atom. The topological polar surface area (TPSA) is 96.6 Å². The fourth-order valence-electron chi connectivity index (χ4n) is 3.00. The Kier molecular flexibility index (Phi) is 5.71. The number of benzene rings is 3. The normalized spacial score (nSPS) is 11.5. The number of rotatable bonds is 7. The number of nitrogens with one attached hydrogen (secondary N) is 1. The van der Waals surface area contributed by atoms with E-state index in [0.29, 0.717) is 21.4 Å². The van der Waals surface area contributed by atoms with Crippen molar-refractivity contribution in [1.82, 2.24) is 0 Å². The molecule has 3 aromatic carbocycles. The van der Waals surface area contributed by atoms with E-state index in [1.807, 2.05) is 0 Å². The van der Waals surface area contributed by atoms with Crippen LogP contribution in [0.15, 0.2) is 87.2 Å². The van der Waals surface area contributed by atoms with E-state index in [0.717, 1.165) is 6.07 Å². The predicted molar refractivity (Wildman–Crippen MR) is 116 cm³/mol. The lowest BCUT2D eigenvalue weighted by atomic mass is 10.1. The van der Waals surface area contributed by atoms with Gasteiger partial charge < -0.3 is 9.52 Å². The van der Waals surface area contributed by atoms with Crippen molar-refractivity contribution in [1.29, 1.82) is 0 Å². The molecule has 0 spiro atoms. The number of anilines is 1. The van der Waals surface area contributed by atoms with E-state index < -0.39 is 21.8 Å². The summed E-state index contributed by atoms with van der Waals surface area (Å²) in [5.74, 6) is -1.41. The van der Waals surface area contributed by atoms with Crippen LogP contribution in [0.4, 0.5) is 10.1 Å². The summed E-state index contributed by atoms with van der Waals surface area (Å²) in [7, 11) is -4.11. The van der Waals surface area contributed by atoms with E-state index >= 15 is 0 Å². The average molecular weight is 458 g/mol.